The van der Waals surface area contributed by atoms with Gasteiger partial charge in [-0.1, -0.05) is 97.1 Å². The first-order valence-corrected chi connectivity index (χ1v) is 14.7. The molecule has 216 valence electrons. The average Bonchev–Trinajstić information content (AvgIpc) is 3.67. The van der Waals surface area contributed by atoms with E-state index in [0.29, 0.717) is 23.5 Å². The number of aromatic amines is 1. The number of benzene rings is 4. The van der Waals surface area contributed by atoms with Crippen molar-refractivity contribution in [3.05, 3.63) is 138 Å². The molecule has 1 saturated heterocycles. The van der Waals surface area contributed by atoms with Crippen molar-refractivity contribution in [3.8, 4) is 0 Å². The number of rotatable bonds is 10. The third kappa shape index (κ3) is 6.42. The Hall–Kier alpha value is -5.01. The van der Waals surface area contributed by atoms with E-state index in [1.165, 1.54) is 5.56 Å². The predicted octanol–water partition coefficient (Wildman–Crippen LogP) is 6.30. The molecule has 6 rings (SSSR count). The molecular weight excluding hydrogens is 536 g/mol. The van der Waals surface area contributed by atoms with Crippen LogP contribution in [0.5, 0.6) is 0 Å². The largest absolute Gasteiger partial charge is 0.480 e. The lowest BCUT2D eigenvalue weighted by Gasteiger charge is -2.24. The number of hydrogen-bond donors (Lipinski definition) is 3. The predicted molar refractivity (Wildman–Crippen MR) is 170 cm³/mol. The molecule has 0 bridgehead atoms. The molecule has 4 aromatic carbocycles. The summed E-state index contributed by atoms with van der Waals surface area (Å²) in [6.45, 7) is 1.57. The first-order chi connectivity index (χ1) is 21.1. The van der Waals surface area contributed by atoms with Crippen LogP contribution in [0.2, 0.25) is 0 Å². The fourth-order valence-corrected chi connectivity index (χ4v) is 5.89. The lowest BCUT2D eigenvalue weighted by atomic mass is 9.98. The third-order valence-electron chi connectivity index (χ3n) is 8.04. The molecule has 0 unspecified atom stereocenters. The minimum Gasteiger partial charge on any atom is -0.480 e. The van der Waals surface area contributed by atoms with Crippen molar-refractivity contribution in [1.29, 1.82) is 0 Å². The maximum Gasteiger partial charge on any atom is 0.328 e. The van der Waals surface area contributed by atoms with Gasteiger partial charge in [-0.25, -0.2) is 4.79 Å². The molecule has 7 nitrogen and oxygen atoms in total. The first kappa shape index (κ1) is 28.1. The number of H-pyrrole nitrogens is 1. The summed E-state index contributed by atoms with van der Waals surface area (Å²) in [5.74, 6) is -1.08. The molecule has 0 radical (unpaired) electrons. The van der Waals surface area contributed by atoms with E-state index < -0.39 is 12.0 Å². The Morgan fingerprint density at radius 1 is 0.907 bits per heavy atom. The molecule has 1 aliphatic rings. The second-order valence-electron chi connectivity index (χ2n) is 10.9. The van der Waals surface area contributed by atoms with Gasteiger partial charge in [0.25, 0.3) is 0 Å². The van der Waals surface area contributed by atoms with Gasteiger partial charge in [-0.2, -0.15) is 0 Å². The molecule has 0 aliphatic carbocycles. The van der Waals surface area contributed by atoms with Crippen LogP contribution in [0, 0.1) is 0 Å². The number of aliphatic imine (C=N–C) groups is 1. The Labute approximate surface area is 250 Å². The zero-order chi connectivity index (χ0) is 29.6. The first-order valence-electron chi connectivity index (χ1n) is 14.7. The summed E-state index contributed by atoms with van der Waals surface area (Å²) >= 11 is 0. The van der Waals surface area contributed by atoms with E-state index in [-0.39, 0.29) is 18.4 Å². The summed E-state index contributed by atoms with van der Waals surface area (Å²) in [7, 11) is 0. The number of carboxylic acid groups (broad SMARTS) is 1. The number of aromatic nitrogens is 1. The van der Waals surface area contributed by atoms with Crippen molar-refractivity contribution >= 4 is 34.2 Å². The van der Waals surface area contributed by atoms with E-state index in [1.54, 1.807) is 0 Å². The monoisotopic (exact) mass is 570 g/mol. The molecule has 1 amide bonds. The van der Waals surface area contributed by atoms with Crippen LogP contribution >= 0.6 is 0 Å². The average molecular weight is 571 g/mol. The number of likely N-dealkylation sites (tertiary alicyclic amines) is 1. The van der Waals surface area contributed by atoms with Crippen LogP contribution in [0.15, 0.2) is 120 Å². The van der Waals surface area contributed by atoms with Gasteiger partial charge in [0.15, 0.2) is 6.04 Å². The maximum absolute atomic E-state index is 13.7. The van der Waals surface area contributed by atoms with Gasteiger partial charge in [0.05, 0.1) is 17.4 Å². The molecular formula is C36H34N4O3. The number of nitrogens with zero attached hydrogens (tertiary/aromatic N) is 2. The zero-order valence-electron chi connectivity index (χ0n) is 23.8. The number of fused-ring (bicyclic) bond motifs is 1. The van der Waals surface area contributed by atoms with Gasteiger partial charge < -0.3 is 15.4 Å². The number of carbonyl (C=O) groups excluding carboxylic acids is 1. The number of anilines is 1. The number of nitrogens with one attached hydrogen (secondary N) is 2. The van der Waals surface area contributed by atoms with Gasteiger partial charge in [-0.05, 0) is 42.6 Å². The number of carboxylic acids is 1. The van der Waals surface area contributed by atoms with Gasteiger partial charge in [0.2, 0.25) is 5.91 Å². The van der Waals surface area contributed by atoms with E-state index in [4.69, 9.17) is 4.99 Å². The Balaban J connectivity index is 1.32. The van der Waals surface area contributed by atoms with Crippen LogP contribution in [0.4, 0.5) is 5.69 Å². The van der Waals surface area contributed by atoms with Crippen LogP contribution in [0.25, 0.3) is 10.9 Å². The lowest BCUT2D eigenvalue weighted by Crippen LogP contribution is -2.39. The van der Waals surface area contributed by atoms with Gasteiger partial charge in [-0.3, -0.25) is 14.7 Å². The summed E-state index contributed by atoms with van der Waals surface area (Å²) in [5.41, 5.74) is 5.61. The molecule has 1 aromatic heterocycles. The normalized spacial score (nSPS) is 16.3. The highest BCUT2D eigenvalue weighted by Gasteiger charge is 2.31. The van der Waals surface area contributed by atoms with Crippen LogP contribution in [-0.4, -0.2) is 51.2 Å². The highest BCUT2D eigenvalue weighted by molar-refractivity contribution is 6.17. The van der Waals surface area contributed by atoms with Crippen molar-refractivity contribution in [2.24, 2.45) is 4.99 Å². The van der Waals surface area contributed by atoms with Gasteiger partial charge in [0, 0.05) is 41.2 Å². The van der Waals surface area contributed by atoms with Crippen LogP contribution in [0.3, 0.4) is 0 Å². The SMILES string of the molecule is O=C(O)[C@H](Cc1c[nH]c2ccccc12)N=C(c1ccccc1)c1ccccc1NC(=O)[C@@H]1CCCN1Cc1ccccc1. The van der Waals surface area contributed by atoms with Gasteiger partial charge in [0.1, 0.15) is 0 Å². The van der Waals surface area contributed by atoms with E-state index in [2.05, 4.69) is 27.3 Å². The quantitative estimate of drug-likeness (QED) is 0.172. The van der Waals surface area contributed by atoms with E-state index in [0.717, 1.165) is 41.4 Å². The zero-order valence-corrected chi connectivity index (χ0v) is 23.8. The van der Waals surface area contributed by atoms with Crippen LogP contribution < -0.4 is 5.32 Å². The molecule has 0 spiro atoms. The van der Waals surface area contributed by atoms with Crippen LogP contribution in [-0.2, 0) is 22.6 Å². The van der Waals surface area contributed by atoms with E-state index in [1.807, 2.05) is 103 Å². The highest BCUT2D eigenvalue weighted by Crippen LogP contribution is 2.26. The van der Waals surface area contributed by atoms with Crippen molar-refractivity contribution in [2.45, 2.75) is 37.9 Å². The van der Waals surface area contributed by atoms with Crippen LogP contribution in [0.1, 0.15) is 35.1 Å². The fourth-order valence-electron chi connectivity index (χ4n) is 5.89. The molecule has 7 heteroatoms. The molecule has 2 heterocycles. The molecule has 43 heavy (non-hydrogen) atoms. The highest BCUT2D eigenvalue weighted by atomic mass is 16.4. The van der Waals surface area contributed by atoms with Gasteiger partial charge in [-0.15, -0.1) is 0 Å². The summed E-state index contributed by atoms with van der Waals surface area (Å²) in [5, 5.41) is 14.5. The Kier molecular flexibility index (Phi) is 8.42. The second kappa shape index (κ2) is 12.9. The van der Waals surface area contributed by atoms with Crippen molar-refractivity contribution in [3.63, 3.8) is 0 Å². The minimum absolute atomic E-state index is 0.0677. The molecule has 0 saturated carbocycles. The number of aliphatic carboxylic acids is 1. The number of hydrogen-bond acceptors (Lipinski definition) is 4. The smallest absolute Gasteiger partial charge is 0.328 e. The third-order valence-corrected chi connectivity index (χ3v) is 8.04. The minimum atomic E-state index is -1.03. The maximum atomic E-state index is 13.7. The van der Waals surface area contributed by atoms with Crippen molar-refractivity contribution < 1.29 is 14.7 Å². The number of amides is 1. The summed E-state index contributed by atoms with van der Waals surface area (Å²) in [4.78, 5) is 36.6. The van der Waals surface area contributed by atoms with Gasteiger partial charge >= 0.3 is 5.97 Å². The van der Waals surface area contributed by atoms with E-state index in [9.17, 15) is 14.7 Å². The lowest BCUT2D eigenvalue weighted by molar-refractivity contribution is -0.138. The summed E-state index contributed by atoms with van der Waals surface area (Å²) in [6, 6.07) is 33.8. The fraction of sp³-hybridized carbons (Fsp3) is 0.194. The summed E-state index contributed by atoms with van der Waals surface area (Å²) in [6.07, 6.45) is 3.82. The molecule has 5 aromatic rings. The molecule has 1 fully saturated rings. The van der Waals surface area contributed by atoms with Crippen molar-refractivity contribution in [1.82, 2.24) is 9.88 Å². The second-order valence-corrected chi connectivity index (χ2v) is 10.9. The number of carbonyl (C=O) groups is 2. The number of para-hydroxylation sites is 2. The topological polar surface area (TPSA) is 97.8 Å². The summed E-state index contributed by atoms with van der Waals surface area (Å²) < 4.78 is 0. The Morgan fingerprint density at radius 3 is 2.40 bits per heavy atom. The molecule has 2 atom stereocenters. The standard InChI is InChI=1S/C36H34N4O3/c41-35(33-20-11-21-40(33)24-25-12-3-1-4-13-25)39-31-19-10-8-17-29(31)34(26-14-5-2-6-15-26)38-32(36(42)43)22-27-23-37-30-18-9-7-16-28(27)30/h1-10,12-19,23,32-33,37H,11,20-22,24H2,(H,39,41)(H,42,43)/t32-,33-/m0/s1. The van der Waals surface area contributed by atoms with Crippen molar-refractivity contribution in [2.75, 3.05) is 11.9 Å². The van der Waals surface area contributed by atoms with E-state index >= 15 is 0 Å². The Morgan fingerprint density at radius 2 is 1.60 bits per heavy atom. The Bertz CT molecular complexity index is 1750. The molecule has 3 N–H and O–H groups in total. The molecule has 1 aliphatic heterocycles.